The van der Waals surface area contributed by atoms with E-state index in [1.807, 2.05) is 29.7 Å². The van der Waals surface area contributed by atoms with Gasteiger partial charge in [-0.15, -0.1) is 0 Å². The lowest BCUT2D eigenvalue weighted by molar-refractivity contribution is 0.240. The van der Waals surface area contributed by atoms with Gasteiger partial charge in [0.2, 0.25) is 0 Å². The second-order valence-electron chi connectivity index (χ2n) is 7.71. The van der Waals surface area contributed by atoms with Crippen LogP contribution in [-0.4, -0.2) is 20.5 Å². The summed E-state index contributed by atoms with van der Waals surface area (Å²) < 4.78 is 6.18. The molecule has 5 heteroatoms. The minimum absolute atomic E-state index is 0.0719. The molecule has 1 atom stereocenters. The van der Waals surface area contributed by atoms with Crippen molar-refractivity contribution < 1.29 is 0 Å². The summed E-state index contributed by atoms with van der Waals surface area (Å²) in [5, 5.41) is 0.918. The van der Waals surface area contributed by atoms with Crippen molar-refractivity contribution in [2.24, 2.45) is 9.81 Å². The molecular weight excluding hydrogens is 330 g/mol. The molecule has 4 rings (SSSR count). The number of hydrogen-bond donors (Lipinski definition) is 0. The summed E-state index contributed by atoms with van der Waals surface area (Å²) in [5.41, 5.74) is 3.03. The molecule has 0 fully saturated rings. The summed E-state index contributed by atoms with van der Waals surface area (Å²) >= 11 is 1.54. The Morgan fingerprint density at radius 1 is 1.36 bits per heavy atom. The van der Waals surface area contributed by atoms with Gasteiger partial charge >= 0.3 is 0 Å². The predicted molar refractivity (Wildman–Crippen MR) is 104 cm³/mol. The SMILES string of the molecule is CC1=NSC(C#Cc2ccc3c(=O)n4c(nc3c2)CCC(C)(C)C4)C1. The molecule has 2 aliphatic rings. The van der Waals surface area contributed by atoms with E-state index in [1.54, 1.807) is 0 Å². The van der Waals surface area contributed by atoms with E-state index in [9.17, 15) is 4.79 Å². The third-order valence-electron chi connectivity index (χ3n) is 4.84. The molecule has 2 aromatic rings. The Labute approximate surface area is 151 Å². The van der Waals surface area contributed by atoms with Crippen molar-refractivity contribution in [2.45, 2.75) is 51.8 Å². The Morgan fingerprint density at radius 2 is 2.20 bits per heavy atom. The first-order valence-corrected chi connectivity index (χ1v) is 9.49. The number of benzene rings is 1. The highest BCUT2D eigenvalue weighted by Crippen LogP contribution is 2.29. The van der Waals surface area contributed by atoms with E-state index in [2.05, 4.69) is 30.1 Å². The van der Waals surface area contributed by atoms with Crippen LogP contribution in [0.2, 0.25) is 0 Å². The first-order valence-electron chi connectivity index (χ1n) is 8.66. The summed E-state index contributed by atoms with van der Waals surface area (Å²) in [6.07, 6.45) is 2.83. The molecule has 0 saturated carbocycles. The average molecular weight is 351 g/mol. The second kappa shape index (κ2) is 6.03. The smallest absolute Gasteiger partial charge is 0.261 e. The standard InChI is InChI=1S/C20H21N3OS/c1-13-10-15(25-22-13)6-4-14-5-7-16-17(11-14)21-18-8-9-20(2,3)12-23(18)19(16)24/h5,7,11,15H,8-10,12H2,1-3H3. The van der Waals surface area contributed by atoms with Crippen LogP contribution < -0.4 is 5.56 Å². The molecule has 1 aromatic heterocycles. The third kappa shape index (κ3) is 3.23. The average Bonchev–Trinajstić information content (AvgIpc) is 2.99. The molecule has 0 amide bonds. The molecule has 0 spiro atoms. The van der Waals surface area contributed by atoms with E-state index in [0.717, 1.165) is 48.4 Å². The highest BCUT2D eigenvalue weighted by Gasteiger charge is 2.27. The van der Waals surface area contributed by atoms with Gasteiger partial charge in [0.05, 0.1) is 16.2 Å². The van der Waals surface area contributed by atoms with Crippen LogP contribution in [0, 0.1) is 17.3 Å². The summed E-state index contributed by atoms with van der Waals surface area (Å²) in [6.45, 7) is 7.19. The number of nitrogens with zero attached hydrogens (tertiary/aromatic N) is 3. The lowest BCUT2D eigenvalue weighted by Gasteiger charge is -2.31. The van der Waals surface area contributed by atoms with Gasteiger partial charge in [-0.25, -0.2) is 9.38 Å². The van der Waals surface area contributed by atoms with Gasteiger partial charge in [0, 0.05) is 30.7 Å². The van der Waals surface area contributed by atoms with Crippen LogP contribution >= 0.6 is 11.9 Å². The fourth-order valence-electron chi connectivity index (χ4n) is 3.39. The van der Waals surface area contributed by atoms with Gasteiger partial charge in [0.1, 0.15) is 5.82 Å². The fourth-order valence-corrected chi connectivity index (χ4v) is 4.20. The molecule has 25 heavy (non-hydrogen) atoms. The topological polar surface area (TPSA) is 47.2 Å². The number of rotatable bonds is 0. The molecule has 0 radical (unpaired) electrons. The maximum Gasteiger partial charge on any atom is 0.261 e. The van der Waals surface area contributed by atoms with Gasteiger partial charge in [0.15, 0.2) is 0 Å². The summed E-state index contributed by atoms with van der Waals surface area (Å²) in [5.74, 6) is 7.39. The largest absolute Gasteiger partial charge is 0.296 e. The Balaban J connectivity index is 1.70. The summed E-state index contributed by atoms with van der Waals surface area (Å²) in [6, 6.07) is 5.73. The summed E-state index contributed by atoms with van der Waals surface area (Å²) in [4.78, 5) is 17.6. The van der Waals surface area contributed by atoms with E-state index in [-0.39, 0.29) is 16.2 Å². The van der Waals surface area contributed by atoms with Crippen LogP contribution in [0.3, 0.4) is 0 Å². The van der Waals surface area contributed by atoms with E-state index in [4.69, 9.17) is 4.98 Å². The predicted octanol–water partition coefficient (Wildman–Crippen LogP) is 3.60. The lowest BCUT2D eigenvalue weighted by atomic mass is 9.85. The van der Waals surface area contributed by atoms with Crippen molar-refractivity contribution in [3.8, 4) is 11.8 Å². The molecule has 0 N–H and O–H groups in total. The Kier molecular flexibility index (Phi) is 3.96. The van der Waals surface area contributed by atoms with Crippen LogP contribution in [0.25, 0.3) is 10.9 Å². The first kappa shape index (κ1) is 16.4. The van der Waals surface area contributed by atoms with Crippen molar-refractivity contribution in [2.75, 3.05) is 0 Å². The lowest BCUT2D eigenvalue weighted by Crippen LogP contribution is -2.36. The molecule has 128 valence electrons. The van der Waals surface area contributed by atoms with Crippen LogP contribution in [0.15, 0.2) is 27.4 Å². The normalized spacial score (nSPS) is 21.4. The number of aryl methyl sites for hydroxylation is 1. The second-order valence-corrected chi connectivity index (χ2v) is 8.67. The quantitative estimate of drug-likeness (QED) is 0.538. The maximum absolute atomic E-state index is 12.8. The minimum Gasteiger partial charge on any atom is -0.296 e. The zero-order chi connectivity index (χ0) is 17.6. The molecule has 0 aliphatic carbocycles. The number of hydrogen-bond acceptors (Lipinski definition) is 4. The van der Waals surface area contributed by atoms with Gasteiger partial charge in [0.25, 0.3) is 5.56 Å². The van der Waals surface area contributed by atoms with Gasteiger partial charge in [-0.1, -0.05) is 25.7 Å². The van der Waals surface area contributed by atoms with E-state index < -0.39 is 0 Å². The Hall–Kier alpha value is -2.06. The van der Waals surface area contributed by atoms with Gasteiger partial charge in [-0.3, -0.25) is 9.36 Å². The highest BCUT2D eigenvalue weighted by atomic mass is 32.2. The van der Waals surface area contributed by atoms with Crippen LogP contribution in [-0.2, 0) is 13.0 Å². The number of aromatic nitrogens is 2. The fraction of sp³-hybridized carbons (Fsp3) is 0.450. The molecular formula is C20H21N3OS. The highest BCUT2D eigenvalue weighted by molar-refractivity contribution is 7.99. The van der Waals surface area contributed by atoms with Crippen molar-refractivity contribution >= 4 is 28.6 Å². The zero-order valence-electron chi connectivity index (χ0n) is 14.8. The summed E-state index contributed by atoms with van der Waals surface area (Å²) in [7, 11) is 0. The Bertz CT molecular complexity index is 1010. The Morgan fingerprint density at radius 3 is 2.96 bits per heavy atom. The molecule has 3 heterocycles. The van der Waals surface area contributed by atoms with Crippen LogP contribution in [0.5, 0.6) is 0 Å². The van der Waals surface area contributed by atoms with Crippen molar-refractivity contribution in [3.05, 3.63) is 39.9 Å². The zero-order valence-corrected chi connectivity index (χ0v) is 15.6. The van der Waals surface area contributed by atoms with Crippen molar-refractivity contribution in [3.63, 3.8) is 0 Å². The van der Waals surface area contributed by atoms with Crippen LogP contribution in [0.1, 0.15) is 45.0 Å². The molecule has 1 aromatic carbocycles. The minimum atomic E-state index is 0.0719. The monoisotopic (exact) mass is 351 g/mol. The number of fused-ring (bicyclic) bond motifs is 2. The third-order valence-corrected chi connectivity index (χ3v) is 5.80. The van der Waals surface area contributed by atoms with Crippen molar-refractivity contribution in [1.82, 2.24) is 9.55 Å². The van der Waals surface area contributed by atoms with E-state index in [1.165, 1.54) is 11.9 Å². The van der Waals surface area contributed by atoms with E-state index >= 15 is 0 Å². The molecule has 4 nitrogen and oxygen atoms in total. The molecule has 0 bridgehead atoms. The maximum atomic E-state index is 12.8. The van der Waals surface area contributed by atoms with E-state index in [0.29, 0.717) is 5.39 Å². The van der Waals surface area contributed by atoms with Gasteiger partial charge in [-0.2, -0.15) is 0 Å². The first-order chi connectivity index (χ1) is 11.9. The van der Waals surface area contributed by atoms with Gasteiger partial charge < -0.3 is 0 Å². The van der Waals surface area contributed by atoms with Crippen molar-refractivity contribution in [1.29, 1.82) is 0 Å². The van der Waals surface area contributed by atoms with Crippen LogP contribution in [0.4, 0.5) is 0 Å². The van der Waals surface area contributed by atoms with Gasteiger partial charge in [-0.05, 0) is 48.9 Å². The molecule has 0 saturated heterocycles. The molecule has 2 aliphatic heterocycles. The molecule has 1 unspecified atom stereocenters.